The van der Waals surface area contributed by atoms with Crippen LogP contribution in [0.25, 0.3) is 0 Å². The van der Waals surface area contributed by atoms with Crippen molar-refractivity contribution in [2.24, 2.45) is 0 Å². The second kappa shape index (κ2) is 6.23. The average molecular weight is 278 g/mol. The highest BCUT2D eigenvalue weighted by molar-refractivity contribution is 7.98. The molecule has 3 N–H and O–H groups in total. The number of nitrogens with two attached hydrogens (primary N) is 1. The Balaban J connectivity index is 2.72. The van der Waals surface area contributed by atoms with Crippen LogP contribution in [0.1, 0.15) is 6.42 Å². The maximum Gasteiger partial charge on any atom is 0.240 e. The van der Waals surface area contributed by atoms with Crippen molar-refractivity contribution in [1.82, 2.24) is 4.72 Å². The molecular weight excluding hydrogens is 263 g/mol. The van der Waals surface area contributed by atoms with E-state index in [9.17, 15) is 12.8 Å². The maximum absolute atomic E-state index is 13.1. The molecule has 0 saturated carbocycles. The van der Waals surface area contributed by atoms with Crippen LogP contribution in [0.15, 0.2) is 23.1 Å². The summed E-state index contributed by atoms with van der Waals surface area (Å²) < 4.78 is 39.0. The fourth-order valence-electron chi connectivity index (χ4n) is 1.18. The zero-order chi connectivity index (χ0) is 12.9. The number of nitrogens with one attached hydrogen (secondary N) is 1. The van der Waals surface area contributed by atoms with Crippen LogP contribution in [0.3, 0.4) is 0 Å². The lowest BCUT2D eigenvalue weighted by Gasteiger charge is -2.07. The molecule has 0 aliphatic heterocycles. The second-order valence-corrected chi connectivity index (χ2v) is 6.18. The van der Waals surface area contributed by atoms with Crippen molar-refractivity contribution in [3.63, 3.8) is 0 Å². The Hall–Kier alpha value is -0.790. The Kier molecular flexibility index (Phi) is 5.23. The summed E-state index contributed by atoms with van der Waals surface area (Å²) in [4.78, 5) is -0.103. The number of rotatable bonds is 6. The van der Waals surface area contributed by atoms with Crippen LogP contribution in [0.4, 0.5) is 10.1 Å². The highest BCUT2D eigenvalue weighted by Gasteiger charge is 2.14. The Labute approximate surface area is 105 Å². The number of hydrogen-bond acceptors (Lipinski definition) is 4. The molecule has 0 amide bonds. The number of hydrogen-bond donors (Lipinski definition) is 2. The van der Waals surface area contributed by atoms with Crippen molar-refractivity contribution in [3.8, 4) is 0 Å². The van der Waals surface area contributed by atoms with Crippen LogP contribution in [0, 0.1) is 5.82 Å². The van der Waals surface area contributed by atoms with Gasteiger partial charge in [-0.15, -0.1) is 0 Å². The molecule has 4 nitrogen and oxygen atoms in total. The van der Waals surface area contributed by atoms with Gasteiger partial charge in [0.1, 0.15) is 5.82 Å². The molecule has 17 heavy (non-hydrogen) atoms. The van der Waals surface area contributed by atoms with Gasteiger partial charge < -0.3 is 5.73 Å². The summed E-state index contributed by atoms with van der Waals surface area (Å²) in [5.74, 6) is 0.149. The highest BCUT2D eigenvalue weighted by atomic mass is 32.2. The van der Waals surface area contributed by atoms with E-state index in [1.54, 1.807) is 11.8 Å². The van der Waals surface area contributed by atoms with Crippen molar-refractivity contribution >= 4 is 27.5 Å². The van der Waals surface area contributed by atoms with E-state index in [4.69, 9.17) is 5.73 Å². The molecule has 1 rings (SSSR count). The monoisotopic (exact) mass is 278 g/mol. The summed E-state index contributed by atoms with van der Waals surface area (Å²) in [6.07, 6.45) is 2.68. The lowest BCUT2D eigenvalue weighted by atomic mass is 10.3. The summed E-state index contributed by atoms with van der Waals surface area (Å²) in [7, 11) is -3.63. The third kappa shape index (κ3) is 4.18. The van der Waals surface area contributed by atoms with Gasteiger partial charge in [0.05, 0.1) is 10.6 Å². The summed E-state index contributed by atoms with van der Waals surface area (Å²) in [6, 6.07) is 3.45. The molecule has 1 aromatic carbocycles. The first-order chi connectivity index (χ1) is 7.97. The number of sulfonamides is 1. The fourth-order valence-corrected chi connectivity index (χ4v) is 2.70. The molecule has 0 spiro atoms. The standard InChI is InChI=1S/C10H15FN2O2S2/c1-16-6-2-5-13-17(14,15)8-3-4-10(12)9(11)7-8/h3-4,7,13H,2,5-6,12H2,1H3. The van der Waals surface area contributed by atoms with Crippen LogP contribution in [0.2, 0.25) is 0 Å². The minimum atomic E-state index is -3.63. The molecule has 0 saturated heterocycles. The predicted octanol–water partition coefficient (Wildman–Crippen LogP) is 1.44. The molecule has 0 aliphatic rings. The summed E-state index contributed by atoms with van der Waals surface area (Å²) in [6.45, 7) is 0.342. The second-order valence-electron chi connectivity index (χ2n) is 3.43. The zero-order valence-corrected chi connectivity index (χ0v) is 11.1. The topological polar surface area (TPSA) is 72.2 Å². The predicted molar refractivity (Wildman–Crippen MR) is 69.0 cm³/mol. The van der Waals surface area contributed by atoms with E-state index in [1.807, 2.05) is 6.26 Å². The van der Waals surface area contributed by atoms with E-state index in [0.717, 1.165) is 18.2 Å². The molecule has 0 atom stereocenters. The van der Waals surface area contributed by atoms with Gasteiger partial charge in [0.25, 0.3) is 0 Å². The molecule has 0 heterocycles. The molecule has 7 heteroatoms. The van der Waals surface area contributed by atoms with Gasteiger partial charge in [-0.1, -0.05) is 0 Å². The number of nitrogen functional groups attached to an aromatic ring is 1. The van der Waals surface area contributed by atoms with Crippen LogP contribution < -0.4 is 10.5 Å². The molecule has 0 unspecified atom stereocenters. The first-order valence-corrected chi connectivity index (χ1v) is 7.88. The van der Waals surface area contributed by atoms with Crippen LogP contribution in [0.5, 0.6) is 0 Å². The molecule has 0 aromatic heterocycles. The first kappa shape index (κ1) is 14.3. The lowest BCUT2D eigenvalue weighted by molar-refractivity contribution is 0.577. The average Bonchev–Trinajstić information content (AvgIpc) is 2.28. The van der Waals surface area contributed by atoms with E-state index in [2.05, 4.69) is 4.72 Å². The van der Waals surface area contributed by atoms with E-state index in [1.165, 1.54) is 12.1 Å². The van der Waals surface area contributed by atoms with E-state index >= 15 is 0 Å². The lowest BCUT2D eigenvalue weighted by Crippen LogP contribution is -2.25. The van der Waals surface area contributed by atoms with Crippen LogP contribution in [-0.4, -0.2) is 27.0 Å². The third-order valence-electron chi connectivity index (χ3n) is 2.10. The quantitative estimate of drug-likeness (QED) is 0.610. The number of thioether (sulfide) groups is 1. The smallest absolute Gasteiger partial charge is 0.240 e. The van der Waals surface area contributed by atoms with Crippen LogP contribution >= 0.6 is 11.8 Å². The third-order valence-corrected chi connectivity index (χ3v) is 4.26. The molecule has 96 valence electrons. The van der Waals surface area contributed by atoms with Gasteiger partial charge in [-0.25, -0.2) is 17.5 Å². The minimum absolute atomic E-state index is 0.0636. The first-order valence-electron chi connectivity index (χ1n) is 5.01. The van der Waals surface area contributed by atoms with Gasteiger partial charge in [-0.2, -0.15) is 11.8 Å². The van der Waals surface area contributed by atoms with Crippen molar-refractivity contribution in [2.75, 3.05) is 24.3 Å². The highest BCUT2D eigenvalue weighted by Crippen LogP contribution is 2.15. The fraction of sp³-hybridized carbons (Fsp3) is 0.400. The SMILES string of the molecule is CSCCCNS(=O)(=O)c1ccc(N)c(F)c1. The van der Waals surface area contributed by atoms with E-state index in [-0.39, 0.29) is 10.6 Å². The van der Waals surface area contributed by atoms with Gasteiger partial charge in [0.2, 0.25) is 10.0 Å². The number of benzene rings is 1. The van der Waals surface area contributed by atoms with Crippen molar-refractivity contribution in [3.05, 3.63) is 24.0 Å². The summed E-state index contributed by atoms with van der Waals surface area (Å²) in [5, 5.41) is 0. The van der Waals surface area contributed by atoms with Crippen molar-refractivity contribution < 1.29 is 12.8 Å². The van der Waals surface area contributed by atoms with Crippen LogP contribution in [-0.2, 0) is 10.0 Å². The zero-order valence-electron chi connectivity index (χ0n) is 9.44. The largest absolute Gasteiger partial charge is 0.396 e. The Bertz CT molecular complexity index is 477. The van der Waals surface area contributed by atoms with Crippen molar-refractivity contribution in [1.29, 1.82) is 0 Å². The van der Waals surface area contributed by atoms with E-state index < -0.39 is 15.8 Å². The Morgan fingerprint density at radius 1 is 1.47 bits per heavy atom. The van der Waals surface area contributed by atoms with Gasteiger partial charge in [-0.3, -0.25) is 0 Å². The minimum Gasteiger partial charge on any atom is -0.396 e. The maximum atomic E-state index is 13.1. The number of anilines is 1. The molecule has 0 bridgehead atoms. The molecular formula is C10H15FN2O2S2. The van der Waals surface area contributed by atoms with Gasteiger partial charge >= 0.3 is 0 Å². The van der Waals surface area contributed by atoms with Gasteiger partial charge in [-0.05, 0) is 36.6 Å². The number of halogens is 1. The van der Waals surface area contributed by atoms with Crippen molar-refractivity contribution in [2.45, 2.75) is 11.3 Å². The molecule has 0 fully saturated rings. The van der Waals surface area contributed by atoms with Gasteiger partial charge in [0.15, 0.2) is 0 Å². The summed E-state index contributed by atoms with van der Waals surface area (Å²) >= 11 is 1.64. The molecule has 0 aliphatic carbocycles. The molecule has 0 radical (unpaired) electrons. The Morgan fingerprint density at radius 2 is 2.18 bits per heavy atom. The summed E-state index contributed by atoms with van der Waals surface area (Å²) in [5.41, 5.74) is 5.22. The van der Waals surface area contributed by atoms with E-state index in [0.29, 0.717) is 6.54 Å². The Morgan fingerprint density at radius 3 is 2.76 bits per heavy atom. The normalized spacial score (nSPS) is 11.6. The van der Waals surface area contributed by atoms with Gasteiger partial charge in [0, 0.05) is 6.54 Å². The molecule has 1 aromatic rings.